The molecule has 5 heteroatoms. The van der Waals surface area contributed by atoms with Crippen LogP contribution in [0.5, 0.6) is 5.88 Å². The van der Waals surface area contributed by atoms with Gasteiger partial charge in [-0.05, 0) is 0 Å². The number of aromatic hydroxyl groups is 1. The van der Waals surface area contributed by atoms with Crippen LogP contribution in [0.1, 0.15) is 5.69 Å². The fourth-order valence-electron chi connectivity index (χ4n) is 1.44. The highest BCUT2D eigenvalue weighted by Gasteiger charge is 2.23. The molecule has 0 radical (unpaired) electrons. The van der Waals surface area contributed by atoms with Gasteiger partial charge in [0.1, 0.15) is 0 Å². The number of aromatic amines is 1. The fourth-order valence-corrected chi connectivity index (χ4v) is 1.44. The Bertz CT molecular complexity index is 338. The standard InChI is InChI=1S/C6H9N3O2/c7-3-1-4-5(10)8-6(11)9(4)2-3/h3,10H,1-2,7H2,(H,8,11)/t3-/m0/s1. The first-order chi connectivity index (χ1) is 5.18. The molecule has 0 bridgehead atoms. The van der Waals surface area contributed by atoms with Gasteiger partial charge in [0.25, 0.3) is 0 Å². The molecule has 11 heavy (non-hydrogen) atoms. The Labute approximate surface area is 62.5 Å². The van der Waals surface area contributed by atoms with Gasteiger partial charge >= 0.3 is 5.69 Å². The molecule has 0 amide bonds. The molecule has 5 nitrogen and oxygen atoms in total. The van der Waals surface area contributed by atoms with Gasteiger partial charge in [-0.1, -0.05) is 0 Å². The Balaban J connectivity index is 2.59. The zero-order chi connectivity index (χ0) is 8.01. The van der Waals surface area contributed by atoms with Crippen molar-refractivity contribution in [2.75, 3.05) is 0 Å². The summed E-state index contributed by atoms with van der Waals surface area (Å²) in [5.41, 5.74) is 5.94. The van der Waals surface area contributed by atoms with Crippen molar-refractivity contribution in [1.82, 2.24) is 9.55 Å². The summed E-state index contributed by atoms with van der Waals surface area (Å²) in [5, 5.41) is 9.14. The van der Waals surface area contributed by atoms with Crippen LogP contribution in [-0.2, 0) is 13.0 Å². The van der Waals surface area contributed by atoms with Gasteiger partial charge in [-0.25, -0.2) is 4.79 Å². The van der Waals surface area contributed by atoms with Crippen molar-refractivity contribution in [3.8, 4) is 5.88 Å². The summed E-state index contributed by atoms with van der Waals surface area (Å²) >= 11 is 0. The maximum atomic E-state index is 11.0. The Morgan fingerprint density at radius 2 is 2.45 bits per heavy atom. The summed E-state index contributed by atoms with van der Waals surface area (Å²) in [6.07, 6.45) is 0.574. The molecule has 4 N–H and O–H groups in total. The van der Waals surface area contributed by atoms with E-state index >= 15 is 0 Å². The largest absolute Gasteiger partial charge is 0.493 e. The van der Waals surface area contributed by atoms with Gasteiger partial charge in [0.05, 0.1) is 5.69 Å². The fraction of sp³-hybridized carbons (Fsp3) is 0.500. The Kier molecular flexibility index (Phi) is 1.11. The van der Waals surface area contributed by atoms with Crippen molar-refractivity contribution in [1.29, 1.82) is 0 Å². The predicted octanol–water partition coefficient (Wildman–Crippen LogP) is -1.23. The number of nitrogens with zero attached hydrogens (tertiary/aromatic N) is 1. The summed E-state index contributed by atoms with van der Waals surface area (Å²) in [6.45, 7) is 0.505. The van der Waals surface area contributed by atoms with Gasteiger partial charge < -0.3 is 10.8 Å². The van der Waals surface area contributed by atoms with Crippen LogP contribution in [0, 0.1) is 0 Å². The number of H-pyrrole nitrogens is 1. The first-order valence-corrected chi connectivity index (χ1v) is 3.44. The van der Waals surface area contributed by atoms with Crippen molar-refractivity contribution in [3.63, 3.8) is 0 Å². The number of fused-ring (bicyclic) bond motifs is 1. The Morgan fingerprint density at radius 1 is 1.73 bits per heavy atom. The van der Waals surface area contributed by atoms with Gasteiger partial charge in [0.15, 0.2) is 0 Å². The van der Waals surface area contributed by atoms with Crippen LogP contribution in [0.15, 0.2) is 4.79 Å². The molecule has 0 saturated heterocycles. The number of imidazole rings is 1. The lowest BCUT2D eigenvalue weighted by atomic mass is 10.2. The molecule has 2 heterocycles. The lowest BCUT2D eigenvalue weighted by Gasteiger charge is -1.96. The summed E-state index contributed by atoms with van der Waals surface area (Å²) in [5.74, 6) is -0.0389. The van der Waals surface area contributed by atoms with Crippen LogP contribution in [0.2, 0.25) is 0 Å². The van der Waals surface area contributed by atoms with Gasteiger partial charge in [-0.2, -0.15) is 0 Å². The van der Waals surface area contributed by atoms with E-state index < -0.39 is 0 Å². The topological polar surface area (TPSA) is 84.0 Å². The molecule has 0 aromatic carbocycles. The quantitative estimate of drug-likeness (QED) is 0.438. The summed E-state index contributed by atoms with van der Waals surface area (Å²) in [7, 11) is 0. The Hall–Kier alpha value is -1.23. The van der Waals surface area contributed by atoms with Crippen molar-refractivity contribution >= 4 is 0 Å². The molecule has 0 aliphatic carbocycles. The second-order valence-electron chi connectivity index (χ2n) is 2.80. The van der Waals surface area contributed by atoms with Crippen molar-refractivity contribution < 1.29 is 5.11 Å². The van der Waals surface area contributed by atoms with Gasteiger partial charge in [-0.15, -0.1) is 0 Å². The molecular formula is C6H9N3O2. The minimum absolute atomic E-state index is 0.0294. The second-order valence-corrected chi connectivity index (χ2v) is 2.80. The zero-order valence-corrected chi connectivity index (χ0v) is 5.87. The molecule has 0 unspecified atom stereocenters. The number of hydrogen-bond acceptors (Lipinski definition) is 3. The SMILES string of the molecule is N[C@H]1Cc2c(O)[nH]c(=O)n2C1. The molecule has 1 aliphatic rings. The molecule has 1 aromatic rings. The van der Waals surface area contributed by atoms with Crippen LogP contribution < -0.4 is 11.4 Å². The van der Waals surface area contributed by atoms with Crippen LogP contribution >= 0.6 is 0 Å². The molecule has 60 valence electrons. The number of nitrogens with two attached hydrogens (primary N) is 1. The first-order valence-electron chi connectivity index (χ1n) is 3.44. The lowest BCUT2D eigenvalue weighted by Crippen LogP contribution is -2.25. The van der Waals surface area contributed by atoms with Gasteiger partial charge in [-0.3, -0.25) is 9.55 Å². The van der Waals surface area contributed by atoms with Gasteiger partial charge in [0, 0.05) is 19.0 Å². The van der Waals surface area contributed by atoms with Crippen molar-refractivity contribution in [2.45, 2.75) is 19.0 Å². The van der Waals surface area contributed by atoms with E-state index in [2.05, 4.69) is 4.98 Å². The van der Waals surface area contributed by atoms with E-state index in [0.717, 1.165) is 0 Å². The monoisotopic (exact) mass is 155 g/mol. The lowest BCUT2D eigenvalue weighted by molar-refractivity contribution is 0.448. The molecule has 2 rings (SSSR count). The Morgan fingerprint density at radius 3 is 3.09 bits per heavy atom. The molecule has 1 aromatic heterocycles. The molecule has 1 aliphatic heterocycles. The smallest absolute Gasteiger partial charge is 0.328 e. The third-order valence-electron chi connectivity index (χ3n) is 1.94. The second kappa shape index (κ2) is 1.88. The highest BCUT2D eigenvalue weighted by atomic mass is 16.3. The molecule has 1 atom stereocenters. The first kappa shape index (κ1) is 6.48. The predicted molar refractivity (Wildman–Crippen MR) is 38.4 cm³/mol. The molecular weight excluding hydrogens is 146 g/mol. The average molecular weight is 155 g/mol. The van der Waals surface area contributed by atoms with Crippen LogP contribution in [0.4, 0.5) is 0 Å². The highest BCUT2D eigenvalue weighted by Crippen LogP contribution is 2.18. The summed E-state index contributed by atoms with van der Waals surface area (Å²) in [4.78, 5) is 13.3. The number of nitrogens with one attached hydrogen (secondary N) is 1. The normalized spacial score (nSPS) is 22.1. The van der Waals surface area contributed by atoms with E-state index in [-0.39, 0.29) is 17.6 Å². The number of rotatable bonds is 0. The van der Waals surface area contributed by atoms with E-state index in [1.807, 2.05) is 0 Å². The van der Waals surface area contributed by atoms with E-state index in [4.69, 9.17) is 10.8 Å². The van der Waals surface area contributed by atoms with Crippen LogP contribution in [-0.4, -0.2) is 20.7 Å². The molecule has 0 saturated carbocycles. The molecule has 0 spiro atoms. The van der Waals surface area contributed by atoms with Crippen LogP contribution in [0.25, 0.3) is 0 Å². The van der Waals surface area contributed by atoms with E-state index in [1.165, 1.54) is 4.57 Å². The van der Waals surface area contributed by atoms with Crippen LogP contribution in [0.3, 0.4) is 0 Å². The third kappa shape index (κ3) is 0.775. The minimum atomic E-state index is -0.273. The van der Waals surface area contributed by atoms with E-state index in [0.29, 0.717) is 18.7 Å². The summed E-state index contributed by atoms with van der Waals surface area (Å²) < 4.78 is 1.47. The van der Waals surface area contributed by atoms with Crippen molar-refractivity contribution in [3.05, 3.63) is 16.2 Å². The summed E-state index contributed by atoms with van der Waals surface area (Å²) in [6, 6.07) is -0.0294. The van der Waals surface area contributed by atoms with Crippen molar-refractivity contribution in [2.24, 2.45) is 5.73 Å². The maximum absolute atomic E-state index is 11.0. The van der Waals surface area contributed by atoms with E-state index in [1.54, 1.807) is 0 Å². The minimum Gasteiger partial charge on any atom is -0.493 e. The number of hydrogen-bond donors (Lipinski definition) is 3. The average Bonchev–Trinajstić information content (AvgIpc) is 2.38. The third-order valence-corrected chi connectivity index (χ3v) is 1.94. The maximum Gasteiger partial charge on any atom is 0.328 e. The molecule has 0 fully saturated rings. The zero-order valence-electron chi connectivity index (χ0n) is 5.87. The van der Waals surface area contributed by atoms with E-state index in [9.17, 15) is 4.79 Å². The van der Waals surface area contributed by atoms with Gasteiger partial charge in [0.2, 0.25) is 5.88 Å². The highest BCUT2D eigenvalue weighted by molar-refractivity contribution is 5.22. The number of aromatic nitrogens is 2.